The fourth-order valence-electron chi connectivity index (χ4n) is 1.37. The lowest BCUT2D eigenvalue weighted by molar-refractivity contribution is -0.142. The van der Waals surface area contributed by atoms with Gasteiger partial charge in [0.25, 0.3) is 0 Å². The molecule has 0 unspecified atom stereocenters. The van der Waals surface area contributed by atoms with E-state index in [0.29, 0.717) is 11.1 Å². The maximum atomic E-state index is 11.4. The molecule has 1 aromatic heterocycles. The van der Waals surface area contributed by atoms with Crippen LogP contribution in [-0.2, 0) is 20.7 Å². The van der Waals surface area contributed by atoms with Gasteiger partial charge < -0.3 is 15.2 Å². The van der Waals surface area contributed by atoms with Crippen LogP contribution in [0.25, 0.3) is 0 Å². The quantitative estimate of drug-likeness (QED) is 0.737. The smallest absolute Gasteiger partial charge is 0.338 e. The van der Waals surface area contributed by atoms with Crippen molar-refractivity contribution in [1.82, 2.24) is 4.98 Å². The van der Waals surface area contributed by atoms with Crippen LogP contribution in [0.3, 0.4) is 0 Å². The fourth-order valence-corrected chi connectivity index (χ4v) is 1.37. The summed E-state index contributed by atoms with van der Waals surface area (Å²) >= 11 is 0. The Morgan fingerprint density at radius 3 is 2.71 bits per heavy atom. The van der Waals surface area contributed by atoms with E-state index in [1.165, 1.54) is 32.7 Å². The first-order chi connectivity index (χ1) is 8.10. The first kappa shape index (κ1) is 13.1. The van der Waals surface area contributed by atoms with E-state index in [-0.39, 0.29) is 6.42 Å². The molecule has 2 N–H and O–H groups in total. The average Bonchev–Trinajstić information content (AvgIpc) is 2.37. The summed E-state index contributed by atoms with van der Waals surface area (Å²) in [5, 5.41) is 0. The molecule has 0 amide bonds. The third-order valence-electron chi connectivity index (χ3n) is 2.25. The summed E-state index contributed by atoms with van der Waals surface area (Å²) in [7, 11) is 2.54. The third kappa shape index (κ3) is 3.25. The molecular formula is C11H14N2O4. The van der Waals surface area contributed by atoms with Gasteiger partial charge in [-0.25, -0.2) is 4.79 Å². The lowest BCUT2D eigenvalue weighted by atomic mass is 10.0. The van der Waals surface area contributed by atoms with Gasteiger partial charge in [0.2, 0.25) is 0 Å². The number of aromatic nitrogens is 1. The summed E-state index contributed by atoms with van der Waals surface area (Å²) in [6, 6.07) is 0.693. The molecule has 6 nitrogen and oxygen atoms in total. The van der Waals surface area contributed by atoms with Gasteiger partial charge >= 0.3 is 11.9 Å². The molecule has 0 aliphatic rings. The second-order valence-corrected chi connectivity index (χ2v) is 3.36. The van der Waals surface area contributed by atoms with Gasteiger partial charge in [0.15, 0.2) is 0 Å². The highest BCUT2D eigenvalue weighted by Crippen LogP contribution is 2.10. The van der Waals surface area contributed by atoms with Gasteiger partial charge in [0.1, 0.15) is 6.04 Å². The number of pyridine rings is 1. The molecule has 1 aromatic rings. The van der Waals surface area contributed by atoms with Crippen LogP contribution in [0.1, 0.15) is 15.9 Å². The van der Waals surface area contributed by atoms with Gasteiger partial charge in [0.05, 0.1) is 19.8 Å². The van der Waals surface area contributed by atoms with E-state index in [1.54, 1.807) is 0 Å². The molecular weight excluding hydrogens is 224 g/mol. The van der Waals surface area contributed by atoms with Crippen molar-refractivity contribution in [3.8, 4) is 0 Å². The Balaban J connectivity index is 2.91. The number of rotatable bonds is 4. The van der Waals surface area contributed by atoms with Crippen LogP contribution >= 0.6 is 0 Å². The molecule has 0 aromatic carbocycles. The molecule has 1 atom stereocenters. The number of nitrogens with zero attached hydrogens (tertiary/aromatic N) is 1. The lowest BCUT2D eigenvalue weighted by Crippen LogP contribution is -2.34. The van der Waals surface area contributed by atoms with Crippen molar-refractivity contribution in [2.75, 3.05) is 14.2 Å². The molecule has 1 rings (SSSR count). The summed E-state index contributed by atoms with van der Waals surface area (Å²) in [6.07, 6.45) is 3.12. The molecule has 0 saturated carbocycles. The minimum Gasteiger partial charge on any atom is -0.468 e. The van der Waals surface area contributed by atoms with Crippen molar-refractivity contribution in [2.24, 2.45) is 5.73 Å². The largest absolute Gasteiger partial charge is 0.468 e. The van der Waals surface area contributed by atoms with Crippen LogP contribution in [0.2, 0.25) is 0 Å². The fraction of sp³-hybridized carbons (Fsp3) is 0.364. The van der Waals surface area contributed by atoms with E-state index in [0.717, 1.165) is 0 Å². The minimum atomic E-state index is -0.826. The summed E-state index contributed by atoms with van der Waals surface area (Å²) in [4.78, 5) is 26.5. The maximum absolute atomic E-state index is 11.4. The van der Waals surface area contributed by atoms with Crippen LogP contribution in [0.4, 0.5) is 0 Å². The number of esters is 2. The maximum Gasteiger partial charge on any atom is 0.338 e. The molecule has 1 heterocycles. The van der Waals surface area contributed by atoms with Crippen molar-refractivity contribution in [3.63, 3.8) is 0 Å². The molecule has 0 aliphatic heterocycles. The standard InChI is InChI=1S/C11H14N2O4/c1-16-10(14)8-3-4-13-6-7(8)5-9(12)11(15)17-2/h3-4,6,9H,5,12H2,1-2H3/t9-/m0/s1. The second-order valence-electron chi connectivity index (χ2n) is 3.36. The Kier molecular flexibility index (Phi) is 4.59. The summed E-state index contributed by atoms with van der Waals surface area (Å²) in [6.45, 7) is 0. The van der Waals surface area contributed by atoms with Crippen LogP contribution in [0.5, 0.6) is 0 Å². The first-order valence-electron chi connectivity index (χ1n) is 4.94. The van der Waals surface area contributed by atoms with Gasteiger partial charge in [0, 0.05) is 18.8 Å². The number of carbonyl (C=O) groups excluding carboxylic acids is 2. The van der Waals surface area contributed by atoms with Crippen molar-refractivity contribution < 1.29 is 19.1 Å². The van der Waals surface area contributed by atoms with Gasteiger partial charge in [-0.3, -0.25) is 9.78 Å². The van der Waals surface area contributed by atoms with Crippen LogP contribution in [-0.4, -0.2) is 37.2 Å². The normalized spacial score (nSPS) is 11.7. The molecule has 6 heteroatoms. The van der Waals surface area contributed by atoms with E-state index in [9.17, 15) is 9.59 Å². The van der Waals surface area contributed by atoms with E-state index < -0.39 is 18.0 Å². The third-order valence-corrected chi connectivity index (χ3v) is 2.25. The Morgan fingerprint density at radius 1 is 1.41 bits per heavy atom. The summed E-state index contributed by atoms with van der Waals surface area (Å²) in [5.74, 6) is -1.02. The van der Waals surface area contributed by atoms with Gasteiger partial charge in [-0.15, -0.1) is 0 Å². The number of methoxy groups -OCH3 is 2. The molecule has 0 aliphatic carbocycles. The second kappa shape index (κ2) is 5.95. The molecule has 0 saturated heterocycles. The van der Waals surface area contributed by atoms with Crippen LogP contribution in [0.15, 0.2) is 18.5 Å². The van der Waals surface area contributed by atoms with Gasteiger partial charge in [-0.1, -0.05) is 0 Å². The van der Waals surface area contributed by atoms with E-state index >= 15 is 0 Å². The minimum absolute atomic E-state index is 0.172. The zero-order valence-electron chi connectivity index (χ0n) is 9.67. The van der Waals surface area contributed by atoms with Gasteiger partial charge in [-0.05, 0) is 11.6 Å². The number of hydrogen-bond donors (Lipinski definition) is 1. The molecule has 0 spiro atoms. The Labute approximate surface area is 98.7 Å². The summed E-state index contributed by atoms with van der Waals surface area (Å²) < 4.78 is 9.13. The van der Waals surface area contributed by atoms with Gasteiger partial charge in [-0.2, -0.15) is 0 Å². The number of carbonyl (C=O) groups is 2. The van der Waals surface area contributed by atoms with Crippen molar-refractivity contribution in [3.05, 3.63) is 29.6 Å². The lowest BCUT2D eigenvalue weighted by Gasteiger charge is -2.11. The van der Waals surface area contributed by atoms with E-state index in [1.807, 2.05) is 0 Å². The Hall–Kier alpha value is -1.95. The molecule has 17 heavy (non-hydrogen) atoms. The van der Waals surface area contributed by atoms with E-state index in [2.05, 4.69) is 14.5 Å². The average molecular weight is 238 g/mol. The number of ether oxygens (including phenoxy) is 2. The topological polar surface area (TPSA) is 91.5 Å². The monoisotopic (exact) mass is 238 g/mol. The van der Waals surface area contributed by atoms with Crippen LogP contribution < -0.4 is 5.73 Å². The van der Waals surface area contributed by atoms with Crippen molar-refractivity contribution >= 4 is 11.9 Å². The Morgan fingerprint density at radius 2 is 2.12 bits per heavy atom. The predicted molar refractivity (Wildman–Crippen MR) is 59.3 cm³/mol. The zero-order chi connectivity index (χ0) is 12.8. The Bertz CT molecular complexity index is 420. The SMILES string of the molecule is COC(=O)c1ccncc1C[C@H](N)C(=O)OC. The summed E-state index contributed by atoms with van der Waals surface area (Å²) in [5.41, 5.74) is 6.52. The highest BCUT2D eigenvalue weighted by Gasteiger charge is 2.19. The predicted octanol–water partition coefficient (Wildman–Crippen LogP) is -0.0890. The molecule has 0 radical (unpaired) electrons. The molecule has 92 valence electrons. The molecule has 0 bridgehead atoms. The molecule has 0 fully saturated rings. The zero-order valence-corrected chi connectivity index (χ0v) is 9.67. The highest BCUT2D eigenvalue weighted by atomic mass is 16.5. The first-order valence-corrected chi connectivity index (χ1v) is 4.94. The van der Waals surface area contributed by atoms with Crippen LogP contribution in [0, 0.1) is 0 Å². The number of hydrogen-bond acceptors (Lipinski definition) is 6. The van der Waals surface area contributed by atoms with E-state index in [4.69, 9.17) is 5.73 Å². The van der Waals surface area contributed by atoms with Crippen molar-refractivity contribution in [2.45, 2.75) is 12.5 Å². The number of nitrogens with two attached hydrogens (primary N) is 1. The van der Waals surface area contributed by atoms with Crippen molar-refractivity contribution in [1.29, 1.82) is 0 Å². The highest BCUT2D eigenvalue weighted by molar-refractivity contribution is 5.91.